The van der Waals surface area contributed by atoms with Crippen LogP contribution in [-0.4, -0.2) is 17.6 Å². The second-order valence-electron chi connectivity index (χ2n) is 7.68. The molecule has 1 N–H and O–H groups in total. The molecule has 0 amide bonds. The lowest BCUT2D eigenvalue weighted by molar-refractivity contribution is 0.0600. The number of hydrogen-bond donors (Lipinski definition) is 1. The van der Waals surface area contributed by atoms with E-state index in [2.05, 4.69) is 71.4 Å². The molecule has 0 saturated heterocycles. The first-order valence-electron chi connectivity index (χ1n) is 9.71. The number of rotatable bonds is 2. The molecule has 1 aliphatic rings. The number of nitrogens with zero attached hydrogens (tertiary/aromatic N) is 1. The van der Waals surface area contributed by atoms with E-state index >= 15 is 0 Å². The van der Waals surface area contributed by atoms with Gasteiger partial charge in [0.1, 0.15) is 5.54 Å². The average Bonchev–Trinajstić information content (AvgIpc) is 3.11. The largest absolute Gasteiger partial charge is 0.465 e. The predicted octanol–water partition coefficient (Wildman–Crippen LogP) is 5.41. The Hall–Kier alpha value is -3.53. The second-order valence-corrected chi connectivity index (χ2v) is 7.68. The molecule has 0 saturated carbocycles. The summed E-state index contributed by atoms with van der Waals surface area (Å²) in [6.07, 6.45) is 0. The molecule has 0 fully saturated rings. The number of carbonyl (C=O) groups excluding carboxylic acids is 1. The molecule has 0 radical (unpaired) electrons. The highest BCUT2D eigenvalue weighted by Crippen LogP contribution is 2.44. The Balaban J connectivity index is 1.79. The third-order valence-electron chi connectivity index (χ3n) is 6.02. The van der Waals surface area contributed by atoms with E-state index < -0.39 is 5.54 Å². The van der Waals surface area contributed by atoms with Crippen molar-refractivity contribution in [3.63, 3.8) is 0 Å². The van der Waals surface area contributed by atoms with Gasteiger partial charge in [-0.1, -0.05) is 48.5 Å². The summed E-state index contributed by atoms with van der Waals surface area (Å²) in [4.78, 5) is 12.4. The minimum absolute atomic E-state index is 0.317. The van der Waals surface area contributed by atoms with Crippen LogP contribution in [0, 0.1) is 6.92 Å². The Bertz CT molecular complexity index is 1270. The van der Waals surface area contributed by atoms with Crippen molar-refractivity contribution in [2.24, 2.45) is 0 Å². The van der Waals surface area contributed by atoms with Gasteiger partial charge in [-0.2, -0.15) is 0 Å². The highest BCUT2D eigenvalue weighted by molar-refractivity contribution is 5.92. The van der Waals surface area contributed by atoms with Crippen molar-refractivity contribution in [2.45, 2.75) is 19.4 Å². The lowest BCUT2D eigenvalue weighted by atomic mass is 9.85. The van der Waals surface area contributed by atoms with E-state index in [1.807, 2.05) is 25.1 Å². The monoisotopic (exact) mass is 382 g/mol. The van der Waals surface area contributed by atoms with E-state index in [9.17, 15) is 4.79 Å². The van der Waals surface area contributed by atoms with Gasteiger partial charge in [0.2, 0.25) is 0 Å². The molecule has 1 atom stereocenters. The fourth-order valence-corrected chi connectivity index (χ4v) is 4.43. The van der Waals surface area contributed by atoms with Gasteiger partial charge in [0, 0.05) is 5.69 Å². The SMILES string of the molecule is COC(=O)c1cc2n(c1C)-c1ccccc1NC2(C)c1ccc2ccccc2c1. The summed E-state index contributed by atoms with van der Waals surface area (Å²) in [7, 11) is 1.42. The van der Waals surface area contributed by atoms with Crippen molar-refractivity contribution >= 4 is 22.4 Å². The van der Waals surface area contributed by atoms with Crippen molar-refractivity contribution in [1.29, 1.82) is 0 Å². The van der Waals surface area contributed by atoms with Crippen molar-refractivity contribution in [1.82, 2.24) is 4.57 Å². The molecule has 1 aromatic heterocycles. The van der Waals surface area contributed by atoms with Crippen LogP contribution in [0.15, 0.2) is 72.8 Å². The summed E-state index contributed by atoms with van der Waals surface area (Å²) in [5, 5.41) is 6.13. The van der Waals surface area contributed by atoms with Crippen LogP contribution in [0.1, 0.15) is 34.2 Å². The van der Waals surface area contributed by atoms with E-state index in [0.717, 1.165) is 28.3 Å². The Morgan fingerprint density at radius 1 is 0.966 bits per heavy atom. The maximum Gasteiger partial charge on any atom is 0.339 e. The quantitative estimate of drug-likeness (QED) is 0.471. The van der Waals surface area contributed by atoms with Gasteiger partial charge in [0.25, 0.3) is 0 Å². The number of fused-ring (bicyclic) bond motifs is 4. The summed E-state index contributed by atoms with van der Waals surface area (Å²) < 4.78 is 7.22. The molecule has 4 heteroatoms. The number of anilines is 1. The first-order valence-corrected chi connectivity index (χ1v) is 9.71. The van der Waals surface area contributed by atoms with Crippen LogP contribution in [-0.2, 0) is 10.3 Å². The van der Waals surface area contributed by atoms with Crippen molar-refractivity contribution in [3.8, 4) is 5.69 Å². The van der Waals surface area contributed by atoms with E-state index in [0.29, 0.717) is 5.56 Å². The highest BCUT2D eigenvalue weighted by atomic mass is 16.5. The normalized spacial score (nSPS) is 17.3. The number of aromatic nitrogens is 1. The number of esters is 1. The van der Waals surface area contributed by atoms with Crippen molar-refractivity contribution in [2.75, 3.05) is 12.4 Å². The van der Waals surface area contributed by atoms with Gasteiger partial charge in [0.05, 0.1) is 29.7 Å². The maximum atomic E-state index is 12.4. The molecule has 3 aromatic carbocycles. The van der Waals surface area contributed by atoms with Gasteiger partial charge >= 0.3 is 5.97 Å². The van der Waals surface area contributed by atoms with Gasteiger partial charge in [0.15, 0.2) is 0 Å². The minimum atomic E-state index is -0.505. The molecule has 1 unspecified atom stereocenters. The fourth-order valence-electron chi connectivity index (χ4n) is 4.43. The number of ether oxygens (including phenoxy) is 1. The zero-order valence-corrected chi connectivity index (χ0v) is 16.7. The number of para-hydroxylation sites is 2. The fraction of sp³-hybridized carbons (Fsp3) is 0.160. The molecule has 144 valence electrons. The number of hydrogen-bond acceptors (Lipinski definition) is 3. The Labute approximate surface area is 169 Å². The molecular formula is C25H22N2O2. The van der Waals surface area contributed by atoms with Crippen molar-refractivity contribution in [3.05, 3.63) is 95.3 Å². The lowest BCUT2D eigenvalue weighted by Gasteiger charge is -2.39. The van der Waals surface area contributed by atoms with Gasteiger partial charge in [-0.3, -0.25) is 0 Å². The Morgan fingerprint density at radius 3 is 2.48 bits per heavy atom. The van der Waals surface area contributed by atoms with Crippen LogP contribution in [0.5, 0.6) is 0 Å². The molecule has 29 heavy (non-hydrogen) atoms. The zero-order valence-electron chi connectivity index (χ0n) is 16.7. The summed E-state index contributed by atoms with van der Waals surface area (Å²) in [5.41, 5.74) is 5.19. The highest BCUT2D eigenvalue weighted by Gasteiger charge is 2.39. The molecular weight excluding hydrogens is 360 g/mol. The van der Waals surface area contributed by atoms with Gasteiger partial charge in [-0.15, -0.1) is 0 Å². The lowest BCUT2D eigenvalue weighted by Crippen LogP contribution is -2.39. The molecule has 2 heterocycles. The summed E-state index contributed by atoms with van der Waals surface area (Å²) in [5.74, 6) is -0.317. The van der Waals surface area contributed by atoms with E-state index in [1.54, 1.807) is 0 Å². The van der Waals surface area contributed by atoms with Crippen LogP contribution >= 0.6 is 0 Å². The van der Waals surface area contributed by atoms with Crippen molar-refractivity contribution < 1.29 is 9.53 Å². The number of carbonyl (C=O) groups is 1. The summed E-state index contributed by atoms with van der Waals surface area (Å²) >= 11 is 0. The predicted molar refractivity (Wildman–Crippen MR) is 116 cm³/mol. The first kappa shape index (κ1) is 17.6. The third kappa shape index (κ3) is 2.49. The standard InChI is InChI=1S/C25H22N2O2/c1-16-20(24(28)29-3)15-23-25(2,26-21-10-6-7-11-22(21)27(16)23)19-13-12-17-8-4-5-9-18(17)14-19/h4-15,26H,1-3H3. The second kappa shape index (κ2) is 6.24. The molecule has 0 bridgehead atoms. The molecule has 0 aliphatic carbocycles. The molecule has 4 aromatic rings. The van der Waals surface area contributed by atoms with E-state index in [-0.39, 0.29) is 5.97 Å². The first-order chi connectivity index (χ1) is 14.0. The molecule has 4 nitrogen and oxygen atoms in total. The number of methoxy groups -OCH3 is 1. The summed E-state index contributed by atoms with van der Waals surface area (Å²) in [6, 6.07) is 25.0. The topological polar surface area (TPSA) is 43.3 Å². The maximum absolute atomic E-state index is 12.4. The van der Waals surface area contributed by atoms with Gasteiger partial charge < -0.3 is 14.6 Å². The summed E-state index contributed by atoms with van der Waals surface area (Å²) in [6.45, 7) is 4.14. The Kier molecular flexibility index (Phi) is 3.78. The zero-order chi connectivity index (χ0) is 20.2. The van der Waals surface area contributed by atoms with Crippen LogP contribution in [0.2, 0.25) is 0 Å². The molecule has 0 spiro atoms. The van der Waals surface area contributed by atoms with Crippen LogP contribution < -0.4 is 5.32 Å². The number of nitrogens with one attached hydrogen (secondary N) is 1. The minimum Gasteiger partial charge on any atom is -0.465 e. The molecule has 1 aliphatic heterocycles. The Morgan fingerprint density at radius 2 is 1.69 bits per heavy atom. The van der Waals surface area contributed by atoms with Gasteiger partial charge in [-0.05, 0) is 54.4 Å². The van der Waals surface area contributed by atoms with Crippen LogP contribution in [0.25, 0.3) is 16.5 Å². The van der Waals surface area contributed by atoms with E-state index in [1.165, 1.54) is 17.9 Å². The number of benzene rings is 3. The van der Waals surface area contributed by atoms with E-state index in [4.69, 9.17) is 4.74 Å². The molecule has 5 rings (SSSR count). The van der Waals surface area contributed by atoms with Gasteiger partial charge in [-0.25, -0.2) is 4.79 Å². The van der Waals surface area contributed by atoms with Crippen LogP contribution in [0.4, 0.5) is 5.69 Å². The smallest absolute Gasteiger partial charge is 0.339 e. The van der Waals surface area contributed by atoms with Crippen LogP contribution in [0.3, 0.4) is 0 Å². The average molecular weight is 382 g/mol. The third-order valence-corrected chi connectivity index (χ3v) is 6.02.